The van der Waals surface area contributed by atoms with E-state index in [1.54, 1.807) is 6.33 Å². The quantitative estimate of drug-likeness (QED) is 0.196. The van der Waals surface area contributed by atoms with Crippen molar-refractivity contribution in [3.63, 3.8) is 0 Å². The molecule has 9 rings (SSSR count). The highest BCUT2D eigenvalue weighted by atomic mass is 15.2. The van der Waals surface area contributed by atoms with Crippen LogP contribution in [0.1, 0.15) is 0 Å². The smallest absolute Gasteiger partial charge is 0.160 e. The van der Waals surface area contributed by atoms with Crippen LogP contribution < -0.4 is 4.90 Å². The van der Waals surface area contributed by atoms with Gasteiger partial charge in [-0.2, -0.15) is 0 Å². The maximum atomic E-state index is 5.03. The minimum atomic E-state index is 0.680. The van der Waals surface area contributed by atoms with E-state index in [0.717, 1.165) is 78.4 Å². The zero-order valence-corrected chi connectivity index (χ0v) is 25.3. The van der Waals surface area contributed by atoms with Crippen molar-refractivity contribution in [3.05, 3.63) is 164 Å². The fraction of sp³-hybridized carbons (Fsp3) is 0. The van der Waals surface area contributed by atoms with E-state index >= 15 is 0 Å². The lowest BCUT2D eigenvalue weighted by molar-refractivity contribution is 1.14. The summed E-state index contributed by atoms with van der Waals surface area (Å²) in [6, 6.07) is 54.5. The number of hydrogen-bond acceptors (Lipinski definition) is 5. The van der Waals surface area contributed by atoms with Crippen molar-refractivity contribution < 1.29 is 0 Å². The third kappa shape index (κ3) is 4.73. The van der Waals surface area contributed by atoms with E-state index in [4.69, 9.17) is 19.9 Å². The molecule has 0 spiro atoms. The highest BCUT2D eigenvalue weighted by molar-refractivity contribution is 6.12. The SMILES string of the molecule is c1ccc(-c2cc3c4c(ncnc4c2)N(c2ccc(-c4nc(-c5ccccc5)cc(-c5ccccc5)n4)cc2)c2ccccc2-3)cc1. The van der Waals surface area contributed by atoms with Gasteiger partial charge < -0.3 is 0 Å². The molecule has 0 atom stereocenters. The minimum absolute atomic E-state index is 0.680. The predicted octanol–water partition coefficient (Wildman–Crippen LogP) is 10.5. The van der Waals surface area contributed by atoms with Gasteiger partial charge in [-0.05, 0) is 65.2 Å². The van der Waals surface area contributed by atoms with Crippen molar-refractivity contribution in [2.75, 3.05) is 4.90 Å². The highest BCUT2D eigenvalue weighted by Gasteiger charge is 2.28. The van der Waals surface area contributed by atoms with E-state index < -0.39 is 0 Å². The van der Waals surface area contributed by atoms with Gasteiger partial charge in [-0.1, -0.05) is 109 Å². The Morgan fingerprint density at radius 3 is 1.68 bits per heavy atom. The van der Waals surface area contributed by atoms with Gasteiger partial charge in [0.05, 0.1) is 28.0 Å². The Labute approximate surface area is 272 Å². The first kappa shape index (κ1) is 26.9. The van der Waals surface area contributed by atoms with Crippen molar-refractivity contribution in [1.82, 2.24) is 19.9 Å². The highest BCUT2D eigenvalue weighted by Crippen LogP contribution is 2.50. The number of aromatic nitrogens is 4. The van der Waals surface area contributed by atoms with Gasteiger partial charge in [0.25, 0.3) is 0 Å². The topological polar surface area (TPSA) is 54.8 Å². The van der Waals surface area contributed by atoms with Crippen LogP contribution in [0.5, 0.6) is 0 Å². The zero-order valence-electron chi connectivity index (χ0n) is 25.3. The van der Waals surface area contributed by atoms with Crippen LogP contribution in [0.4, 0.5) is 17.2 Å². The summed E-state index contributed by atoms with van der Waals surface area (Å²) in [7, 11) is 0. The molecule has 0 saturated heterocycles. The summed E-state index contributed by atoms with van der Waals surface area (Å²) >= 11 is 0. The molecule has 3 heterocycles. The van der Waals surface area contributed by atoms with Gasteiger partial charge in [0, 0.05) is 27.9 Å². The summed E-state index contributed by atoms with van der Waals surface area (Å²) in [6.07, 6.45) is 1.67. The molecule has 5 nitrogen and oxygen atoms in total. The van der Waals surface area contributed by atoms with Crippen LogP contribution in [-0.4, -0.2) is 19.9 Å². The third-order valence-corrected chi connectivity index (χ3v) is 8.72. The molecule has 6 aromatic carbocycles. The average Bonchev–Trinajstić information content (AvgIpc) is 3.16. The molecule has 0 bridgehead atoms. The van der Waals surface area contributed by atoms with Gasteiger partial charge >= 0.3 is 0 Å². The molecule has 220 valence electrons. The number of benzene rings is 6. The molecule has 1 aliphatic heterocycles. The number of nitrogens with zero attached hydrogens (tertiary/aromatic N) is 5. The van der Waals surface area contributed by atoms with Crippen molar-refractivity contribution in [2.24, 2.45) is 0 Å². The molecule has 0 fully saturated rings. The monoisotopic (exact) mass is 601 g/mol. The molecule has 2 aromatic heterocycles. The maximum absolute atomic E-state index is 5.03. The molecule has 0 N–H and O–H groups in total. The van der Waals surface area contributed by atoms with Crippen LogP contribution in [0.15, 0.2) is 164 Å². The van der Waals surface area contributed by atoms with E-state index in [9.17, 15) is 0 Å². The van der Waals surface area contributed by atoms with Crippen molar-refractivity contribution >= 4 is 28.1 Å². The normalized spacial score (nSPS) is 11.8. The summed E-state index contributed by atoms with van der Waals surface area (Å²) in [6.45, 7) is 0. The summed E-state index contributed by atoms with van der Waals surface area (Å²) in [5.41, 5.74) is 12.4. The Kier molecular flexibility index (Phi) is 6.39. The van der Waals surface area contributed by atoms with Crippen LogP contribution in [0.2, 0.25) is 0 Å². The van der Waals surface area contributed by atoms with Crippen LogP contribution in [0, 0.1) is 0 Å². The Hall–Kier alpha value is -6.46. The molecule has 0 radical (unpaired) electrons. The average molecular weight is 602 g/mol. The second-order valence-electron chi connectivity index (χ2n) is 11.6. The van der Waals surface area contributed by atoms with Crippen molar-refractivity contribution in [3.8, 4) is 56.2 Å². The van der Waals surface area contributed by atoms with Gasteiger partial charge in [0.2, 0.25) is 0 Å². The molecule has 1 aliphatic rings. The molecule has 0 unspecified atom stereocenters. The lowest BCUT2D eigenvalue weighted by Crippen LogP contribution is -2.16. The third-order valence-electron chi connectivity index (χ3n) is 8.72. The number of hydrogen-bond donors (Lipinski definition) is 0. The van der Waals surface area contributed by atoms with E-state index in [-0.39, 0.29) is 0 Å². The Morgan fingerprint density at radius 1 is 0.426 bits per heavy atom. The lowest BCUT2D eigenvalue weighted by Gasteiger charge is -2.32. The van der Waals surface area contributed by atoms with Gasteiger partial charge in [0.15, 0.2) is 5.82 Å². The summed E-state index contributed by atoms with van der Waals surface area (Å²) in [4.78, 5) is 21.9. The zero-order chi connectivity index (χ0) is 31.2. The van der Waals surface area contributed by atoms with Gasteiger partial charge in [-0.3, -0.25) is 4.90 Å². The molecular weight excluding hydrogens is 574 g/mol. The van der Waals surface area contributed by atoms with Crippen LogP contribution in [0.25, 0.3) is 67.1 Å². The Balaban J connectivity index is 1.17. The fourth-order valence-electron chi connectivity index (χ4n) is 6.47. The van der Waals surface area contributed by atoms with E-state index in [1.807, 2.05) is 42.5 Å². The molecular formula is C42H27N5. The van der Waals surface area contributed by atoms with Gasteiger partial charge in [0.1, 0.15) is 12.1 Å². The first-order valence-corrected chi connectivity index (χ1v) is 15.6. The van der Waals surface area contributed by atoms with Gasteiger partial charge in [-0.25, -0.2) is 19.9 Å². The lowest BCUT2D eigenvalue weighted by atomic mass is 9.91. The molecule has 5 heteroatoms. The molecule has 0 amide bonds. The van der Waals surface area contributed by atoms with E-state index in [1.165, 1.54) is 0 Å². The Morgan fingerprint density at radius 2 is 1.02 bits per heavy atom. The van der Waals surface area contributed by atoms with Crippen LogP contribution in [-0.2, 0) is 0 Å². The minimum Gasteiger partial charge on any atom is -0.294 e. The Bertz CT molecular complexity index is 2330. The molecule has 0 aliphatic carbocycles. The van der Waals surface area contributed by atoms with Crippen molar-refractivity contribution in [2.45, 2.75) is 0 Å². The van der Waals surface area contributed by atoms with Crippen LogP contribution >= 0.6 is 0 Å². The molecule has 8 aromatic rings. The van der Waals surface area contributed by atoms with Crippen molar-refractivity contribution in [1.29, 1.82) is 0 Å². The first-order chi connectivity index (χ1) is 23.3. The number of anilines is 3. The standard InChI is InChI=1S/C42H27N5/c1-4-12-28(13-5-1)32-24-35-34-18-10-11-19-39(34)47(42-40(35)38(25-32)43-27-44-42)33-22-20-31(21-23-33)41-45-36(29-14-6-2-7-15-29)26-37(46-41)30-16-8-3-9-17-30/h1-27H. The van der Waals surface area contributed by atoms with Gasteiger partial charge in [-0.15, -0.1) is 0 Å². The second-order valence-corrected chi connectivity index (χ2v) is 11.6. The fourth-order valence-corrected chi connectivity index (χ4v) is 6.47. The van der Waals surface area contributed by atoms with E-state index in [0.29, 0.717) is 5.82 Å². The summed E-state index contributed by atoms with van der Waals surface area (Å²) < 4.78 is 0. The van der Waals surface area contributed by atoms with E-state index in [2.05, 4.69) is 120 Å². The maximum Gasteiger partial charge on any atom is 0.160 e. The number of para-hydroxylation sites is 1. The summed E-state index contributed by atoms with van der Waals surface area (Å²) in [5, 5.41) is 1.04. The summed E-state index contributed by atoms with van der Waals surface area (Å²) in [5.74, 6) is 1.55. The molecule has 47 heavy (non-hydrogen) atoms. The predicted molar refractivity (Wildman–Crippen MR) is 191 cm³/mol. The van der Waals surface area contributed by atoms with Crippen LogP contribution in [0.3, 0.4) is 0 Å². The number of rotatable bonds is 5. The molecule has 0 saturated carbocycles. The second kappa shape index (κ2) is 11.2. The number of fused-ring (bicyclic) bond motifs is 2. The largest absolute Gasteiger partial charge is 0.294 e. The first-order valence-electron chi connectivity index (χ1n) is 15.6.